The molecule has 0 spiro atoms. The third-order valence-electron chi connectivity index (χ3n) is 4.38. The van der Waals surface area contributed by atoms with E-state index in [2.05, 4.69) is 0 Å². The molecule has 22 heavy (non-hydrogen) atoms. The maximum absolute atomic E-state index is 12.7. The van der Waals surface area contributed by atoms with Crippen molar-refractivity contribution in [2.45, 2.75) is 37.1 Å². The van der Waals surface area contributed by atoms with Crippen molar-refractivity contribution in [1.82, 2.24) is 4.31 Å². The van der Waals surface area contributed by atoms with Crippen molar-refractivity contribution in [3.05, 3.63) is 23.8 Å². The Balaban J connectivity index is 1.99. The van der Waals surface area contributed by atoms with Gasteiger partial charge in [-0.1, -0.05) is 6.07 Å². The fourth-order valence-corrected chi connectivity index (χ4v) is 4.70. The van der Waals surface area contributed by atoms with Gasteiger partial charge in [-0.15, -0.1) is 0 Å². The summed E-state index contributed by atoms with van der Waals surface area (Å²) in [5.41, 5.74) is 7.57. The van der Waals surface area contributed by atoms with Gasteiger partial charge >= 0.3 is 0 Å². The maximum atomic E-state index is 12.7. The molecule has 2 aliphatic rings. The van der Waals surface area contributed by atoms with Crippen molar-refractivity contribution < 1.29 is 13.2 Å². The molecule has 0 saturated carbocycles. The molecule has 1 fully saturated rings. The second-order valence-electron chi connectivity index (χ2n) is 5.98. The maximum Gasteiger partial charge on any atom is 0.243 e. The first kappa shape index (κ1) is 15.5. The van der Waals surface area contributed by atoms with Crippen LogP contribution in [0.4, 0.5) is 5.69 Å². The number of aryl methyl sites for hydroxylation is 1. The predicted molar refractivity (Wildman–Crippen MR) is 84.1 cm³/mol. The first-order valence-electron chi connectivity index (χ1n) is 7.56. The van der Waals surface area contributed by atoms with Gasteiger partial charge in [0.25, 0.3) is 0 Å². The van der Waals surface area contributed by atoms with Crippen LogP contribution in [-0.4, -0.2) is 44.3 Å². The molecule has 0 aliphatic carbocycles. The number of hydrogen-bond acceptors (Lipinski definition) is 4. The van der Waals surface area contributed by atoms with Gasteiger partial charge < -0.3 is 10.6 Å². The molecule has 1 aromatic carbocycles. The summed E-state index contributed by atoms with van der Waals surface area (Å²) in [6.45, 7) is 2.96. The number of nitrogens with two attached hydrogens (primary N) is 1. The Labute approximate surface area is 130 Å². The average molecular weight is 323 g/mol. The van der Waals surface area contributed by atoms with Crippen molar-refractivity contribution in [1.29, 1.82) is 0 Å². The monoisotopic (exact) mass is 323 g/mol. The molecule has 7 heteroatoms. The molecule has 3 rings (SSSR count). The largest absolute Gasteiger partial charge is 0.326 e. The summed E-state index contributed by atoms with van der Waals surface area (Å²) < 4.78 is 26.8. The number of rotatable bonds is 2. The average Bonchev–Trinajstić information content (AvgIpc) is 2.93. The molecule has 2 N–H and O–H groups in total. The third kappa shape index (κ3) is 2.64. The molecule has 1 aromatic rings. The molecule has 1 unspecified atom stereocenters. The molecular formula is C15H21N3O3S. The lowest BCUT2D eigenvalue weighted by atomic mass is 10.0. The lowest BCUT2D eigenvalue weighted by Crippen LogP contribution is -2.35. The van der Waals surface area contributed by atoms with E-state index in [0.29, 0.717) is 26.1 Å². The zero-order chi connectivity index (χ0) is 15.9. The van der Waals surface area contributed by atoms with Crippen molar-refractivity contribution in [3.63, 3.8) is 0 Å². The highest BCUT2D eigenvalue weighted by Gasteiger charge is 2.32. The standard InChI is InChI=1S/C15H21N3O3S/c1-11(19)18-7-2-3-12-4-5-14(9-15(12)18)22(20,21)17-8-6-13(16)10-17/h4-5,9,13H,2-3,6-8,10,16H2,1H3. The highest BCUT2D eigenvalue weighted by molar-refractivity contribution is 7.89. The van der Waals surface area contributed by atoms with Crippen molar-refractivity contribution in [2.75, 3.05) is 24.5 Å². The molecule has 1 amide bonds. The topological polar surface area (TPSA) is 83.7 Å². The van der Waals surface area contributed by atoms with E-state index in [0.717, 1.165) is 24.1 Å². The van der Waals surface area contributed by atoms with E-state index in [9.17, 15) is 13.2 Å². The van der Waals surface area contributed by atoms with Crippen LogP contribution >= 0.6 is 0 Å². The molecule has 120 valence electrons. The Morgan fingerprint density at radius 2 is 2.09 bits per heavy atom. The van der Waals surface area contributed by atoms with E-state index in [1.54, 1.807) is 17.0 Å². The summed E-state index contributed by atoms with van der Waals surface area (Å²) in [5.74, 6) is -0.0568. The van der Waals surface area contributed by atoms with Crippen molar-refractivity contribution in [2.24, 2.45) is 5.73 Å². The Bertz CT molecular complexity index is 702. The van der Waals surface area contributed by atoms with E-state index >= 15 is 0 Å². The van der Waals surface area contributed by atoms with Crippen LogP contribution < -0.4 is 10.6 Å². The zero-order valence-corrected chi connectivity index (χ0v) is 13.5. The van der Waals surface area contributed by atoms with Crippen LogP contribution in [0.15, 0.2) is 23.1 Å². The summed E-state index contributed by atoms with van der Waals surface area (Å²) in [6, 6.07) is 5.01. The van der Waals surface area contributed by atoms with Crippen molar-refractivity contribution in [3.8, 4) is 0 Å². The number of carbonyl (C=O) groups is 1. The molecule has 1 saturated heterocycles. The van der Waals surface area contributed by atoms with Gasteiger partial charge in [0.1, 0.15) is 0 Å². The molecule has 2 aliphatic heterocycles. The first-order chi connectivity index (χ1) is 10.4. The van der Waals surface area contributed by atoms with Crippen LogP contribution in [0.3, 0.4) is 0 Å². The number of benzene rings is 1. The number of fused-ring (bicyclic) bond motifs is 1. The molecule has 0 radical (unpaired) electrons. The Hall–Kier alpha value is -1.44. The number of anilines is 1. The lowest BCUT2D eigenvalue weighted by Gasteiger charge is -2.29. The molecule has 0 aromatic heterocycles. The lowest BCUT2D eigenvalue weighted by molar-refractivity contribution is -0.116. The minimum Gasteiger partial charge on any atom is -0.326 e. The number of carbonyl (C=O) groups excluding carboxylic acids is 1. The van der Waals surface area contributed by atoms with Gasteiger partial charge in [0, 0.05) is 38.3 Å². The van der Waals surface area contributed by atoms with Crippen molar-refractivity contribution >= 4 is 21.6 Å². The fraction of sp³-hybridized carbons (Fsp3) is 0.533. The molecular weight excluding hydrogens is 302 g/mol. The molecule has 6 nitrogen and oxygen atoms in total. The van der Waals surface area contributed by atoms with E-state index in [1.165, 1.54) is 11.2 Å². The number of nitrogens with zero attached hydrogens (tertiary/aromatic N) is 2. The SMILES string of the molecule is CC(=O)N1CCCc2ccc(S(=O)(=O)N3CCC(N)C3)cc21. The van der Waals surface area contributed by atoms with Crippen LogP contribution in [-0.2, 0) is 21.2 Å². The van der Waals surface area contributed by atoms with Gasteiger partial charge in [-0.05, 0) is 37.0 Å². The second kappa shape index (κ2) is 5.64. The van der Waals surface area contributed by atoms with Gasteiger partial charge in [0.2, 0.25) is 15.9 Å². The molecule has 1 atom stereocenters. The third-order valence-corrected chi connectivity index (χ3v) is 6.24. The van der Waals surface area contributed by atoms with Gasteiger partial charge in [0.05, 0.1) is 4.90 Å². The minimum atomic E-state index is -3.54. The van der Waals surface area contributed by atoms with E-state index in [-0.39, 0.29) is 16.8 Å². The number of amides is 1. The summed E-state index contributed by atoms with van der Waals surface area (Å²) in [4.78, 5) is 13.7. The Morgan fingerprint density at radius 1 is 1.32 bits per heavy atom. The molecule has 0 bridgehead atoms. The molecule has 2 heterocycles. The number of sulfonamides is 1. The smallest absolute Gasteiger partial charge is 0.243 e. The Morgan fingerprint density at radius 3 is 2.73 bits per heavy atom. The fourth-order valence-electron chi connectivity index (χ4n) is 3.16. The van der Waals surface area contributed by atoms with Gasteiger partial charge in [-0.3, -0.25) is 4.79 Å². The second-order valence-corrected chi connectivity index (χ2v) is 7.91. The summed E-state index contributed by atoms with van der Waals surface area (Å²) in [7, 11) is -3.54. The van der Waals surface area contributed by atoms with Crippen LogP contribution in [0.2, 0.25) is 0 Å². The number of hydrogen-bond donors (Lipinski definition) is 1. The zero-order valence-electron chi connectivity index (χ0n) is 12.7. The van der Waals surface area contributed by atoms with Gasteiger partial charge in [-0.2, -0.15) is 4.31 Å². The normalized spacial score (nSPS) is 22.6. The quantitative estimate of drug-likeness (QED) is 0.869. The van der Waals surface area contributed by atoms with Crippen LogP contribution in [0.1, 0.15) is 25.3 Å². The van der Waals surface area contributed by atoms with Gasteiger partial charge in [0.15, 0.2) is 0 Å². The summed E-state index contributed by atoms with van der Waals surface area (Å²) in [6.07, 6.45) is 2.46. The minimum absolute atomic E-state index is 0.0568. The van der Waals surface area contributed by atoms with E-state index in [1.807, 2.05) is 6.07 Å². The summed E-state index contributed by atoms with van der Waals surface area (Å²) >= 11 is 0. The van der Waals surface area contributed by atoms with Crippen LogP contribution in [0.25, 0.3) is 0 Å². The van der Waals surface area contributed by atoms with Crippen LogP contribution in [0, 0.1) is 0 Å². The van der Waals surface area contributed by atoms with Gasteiger partial charge in [-0.25, -0.2) is 8.42 Å². The predicted octanol–water partition coefficient (Wildman–Crippen LogP) is 0.707. The van der Waals surface area contributed by atoms with E-state index < -0.39 is 10.0 Å². The highest BCUT2D eigenvalue weighted by atomic mass is 32.2. The summed E-state index contributed by atoms with van der Waals surface area (Å²) in [5, 5.41) is 0. The van der Waals surface area contributed by atoms with Crippen LogP contribution in [0.5, 0.6) is 0 Å². The van der Waals surface area contributed by atoms with E-state index in [4.69, 9.17) is 5.73 Å². The highest BCUT2D eigenvalue weighted by Crippen LogP contribution is 2.31. The Kier molecular flexibility index (Phi) is 3.96. The first-order valence-corrected chi connectivity index (χ1v) is 9.00.